The van der Waals surface area contributed by atoms with Crippen LogP contribution in [0.15, 0.2) is 53.1 Å². The maximum atomic E-state index is 12.1. The molecule has 26 heavy (non-hydrogen) atoms. The Bertz CT molecular complexity index is 896. The Labute approximate surface area is 160 Å². The van der Waals surface area contributed by atoms with Crippen LogP contribution in [0.1, 0.15) is 5.89 Å². The van der Waals surface area contributed by atoms with Crippen molar-refractivity contribution in [3.8, 4) is 11.4 Å². The molecule has 0 radical (unpaired) electrons. The number of aromatic nitrogens is 2. The quantitative estimate of drug-likeness (QED) is 0.685. The molecule has 8 heteroatoms. The minimum Gasteiger partial charge on any atom is -0.338 e. The van der Waals surface area contributed by atoms with Gasteiger partial charge in [-0.05, 0) is 43.4 Å². The molecule has 0 saturated carbocycles. The predicted molar refractivity (Wildman–Crippen MR) is 101 cm³/mol. The minimum absolute atomic E-state index is 0.149. The van der Waals surface area contributed by atoms with Gasteiger partial charge in [-0.2, -0.15) is 4.98 Å². The molecule has 0 spiro atoms. The lowest BCUT2D eigenvalue weighted by atomic mass is 10.2. The first-order valence-electron chi connectivity index (χ1n) is 7.82. The van der Waals surface area contributed by atoms with Crippen LogP contribution in [-0.4, -0.2) is 34.5 Å². The van der Waals surface area contributed by atoms with Gasteiger partial charge in [0.25, 0.3) is 0 Å². The second-order valence-corrected chi connectivity index (χ2v) is 6.62. The van der Waals surface area contributed by atoms with Gasteiger partial charge in [0.05, 0.1) is 13.1 Å². The molecule has 0 unspecified atom stereocenters. The van der Waals surface area contributed by atoms with E-state index in [1.165, 1.54) is 0 Å². The fourth-order valence-electron chi connectivity index (χ4n) is 2.33. The average molecular weight is 391 g/mol. The zero-order chi connectivity index (χ0) is 18.5. The number of carbonyl (C=O) groups excluding carboxylic acids is 1. The highest BCUT2D eigenvalue weighted by Crippen LogP contribution is 2.20. The Morgan fingerprint density at radius 3 is 2.65 bits per heavy atom. The summed E-state index contributed by atoms with van der Waals surface area (Å²) in [5, 5.41) is 7.97. The molecule has 1 amide bonds. The molecular weight excluding hydrogens is 375 g/mol. The van der Waals surface area contributed by atoms with Gasteiger partial charge in [-0.15, -0.1) is 0 Å². The number of hydrogen-bond acceptors (Lipinski definition) is 5. The molecule has 0 aliphatic carbocycles. The number of likely N-dealkylation sites (N-methyl/N-ethyl adjacent to an activating group) is 1. The molecule has 0 aliphatic rings. The number of amides is 1. The summed E-state index contributed by atoms with van der Waals surface area (Å²) in [6.45, 7) is 0.527. The molecule has 1 heterocycles. The van der Waals surface area contributed by atoms with Crippen molar-refractivity contribution in [1.82, 2.24) is 15.0 Å². The van der Waals surface area contributed by atoms with E-state index >= 15 is 0 Å². The van der Waals surface area contributed by atoms with E-state index in [1.807, 2.05) is 12.1 Å². The van der Waals surface area contributed by atoms with Crippen LogP contribution in [0.25, 0.3) is 11.4 Å². The maximum Gasteiger partial charge on any atom is 0.241 e. The number of anilines is 1. The molecule has 0 fully saturated rings. The lowest BCUT2D eigenvalue weighted by molar-refractivity contribution is -0.117. The van der Waals surface area contributed by atoms with Crippen LogP contribution in [0.4, 0.5) is 5.69 Å². The van der Waals surface area contributed by atoms with Crippen molar-refractivity contribution in [2.75, 3.05) is 18.9 Å². The summed E-state index contributed by atoms with van der Waals surface area (Å²) in [5.41, 5.74) is 1.46. The molecule has 0 aliphatic heterocycles. The van der Waals surface area contributed by atoms with E-state index in [4.69, 9.17) is 27.7 Å². The fraction of sp³-hybridized carbons (Fsp3) is 0.167. The smallest absolute Gasteiger partial charge is 0.241 e. The number of nitrogens with one attached hydrogen (secondary N) is 1. The largest absolute Gasteiger partial charge is 0.338 e. The zero-order valence-electron chi connectivity index (χ0n) is 13.9. The highest BCUT2D eigenvalue weighted by molar-refractivity contribution is 6.31. The normalized spacial score (nSPS) is 10.9. The van der Waals surface area contributed by atoms with Gasteiger partial charge in [0.2, 0.25) is 17.6 Å². The Morgan fingerprint density at radius 2 is 1.92 bits per heavy atom. The van der Waals surface area contributed by atoms with Gasteiger partial charge < -0.3 is 9.84 Å². The van der Waals surface area contributed by atoms with Crippen LogP contribution in [0.2, 0.25) is 10.0 Å². The second kappa shape index (κ2) is 8.31. The Hall–Kier alpha value is -2.41. The van der Waals surface area contributed by atoms with E-state index < -0.39 is 0 Å². The van der Waals surface area contributed by atoms with Crippen LogP contribution in [0, 0.1) is 0 Å². The summed E-state index contributed by atoms with van der Waals surface area (Å²) >= 11 is 11.8. The number of halogens is 2. The molecule has 3 aromatic rings. The van der Waals surface area contributed by atoms with E-state index in [2.05, 4.69) is 15.5 Å². The number of nitrogens with zero attached hydrogens (tertiary/aromatic N) is 3. The summed E-state index contributed by atoms with van der Waals surface area (Å²) in [7, 11) is 1.80. The standard InChI is InChI=1S/C18H16Cl2N4O2/c1-24(10-16(25)21-15-7-5-13(19)6-8-15)11-17-22-18(23-26-17)12-3-2-4-14(20)9-12/h2-9H,10-11H2,1H3,(H,21,25). The first-order chi connectivity index (χ1) is 12.5. The Balaban J connectivity index is 1.55. The zero-order valence-corrected chi connectivity index (χ0v) is 15.5. The second-order valence-electron chi connectivity index (χ2n) is 5.75. The molecular formula is C18H16Cl2N4O2. The van der Waals surface area contributed by atoms with Crippen molar-refractivity contribution in [1.29, 1.82) is 0 Å². The Kier molecular flexibility index (Phi) is 5.88. The molecule has 6 nitrogen and oxygen atoms in total. The monoisotopic (exact) mass is 390 g/mol. The van der Waals surface area contributed by atoms with Gasteiger partial charge in [0, 0.05) is 21.3 Å². The van der Waals surface area contributed by atoms with Crippen molar-refractivity contribution < 1.29 is 9.32 Å². The lowest BCUT2D eigenvalue weighted by Gasteiger charge is -2.13. The molecule has 2 aromatic carbocycles. The van der Waals surface area contributed by atoms with Gasteiger partial charge >= 0.3 is 0 Å². The summed E-state index contributed by atoms with van der Waals surface area (Å²) in [5.74, 6) is 0.729. The van der Waals surface area contributed by atoms with Crippen LogP contribution < -0.4 is 5.32 Å². The number of carbonyl (C=O) groups is 1. The maximum absolute atomic E-state index is 12.1. The number of rotatable bonds is 6. The van der Waals surface area contributed by atoms with Crippen LogP contribution in [0.5, 0.6) is 0 Å². The fourth-order valence-corrected chi connectivity index (χ4v) is 2.65. The van der Waals surface area contributed by atoms with Crippen molar-refractivity contribution in [2.45, 2.75) is 6.54 Å². The molecule has 1 aromatic heterocycles. The first kappa shape index (κ1) is 18.4. The summed E-state index contributed by atoms with van der Waals surface area (Å²) in [4.78, 5) is 18.2. The summed E-state index contributed by atoms with van der Waals surface area (Å²) in [6, 6.07) is 14.1. The van der Waals surface area contributed by atoms with E-state index in [1.54, 1.807) is 48.3 Å². The van der Waals surface area contributed by atoms with Crippen LogP contribution >= 0.6 is 23.2 Å². The lowest BCUT2D eigenvalue weighted by Crippen LogP contribution is -2.29. The van der Waals surface area contributed by atoms with Crippen molar-refractivity contribution in [2.24, 2.45) is 0 Å². The summed E-state index contributed by atoms with van der Waals surface area (Å²) < 4.78 is 5.25. The highest BCUT2D eigenvalue weighted by Gasteiger charge is 2.13. The first-order valence-corrected chi connectivity index (χ1v) is 8.58. The van der Waals surface area contributed by atoms with Crippen molar-refractivity contribution >= 4 is 34.8 Å². The Morgan fingerprint density at radius 1 is 1.15 bits per heavy atom. The topological polar surface area (TPSA) is 71.3 Å². The van der Waals surface area contributed by atoms with Crippen LogP contribution in [0.3, 0.4) is 0 Å². The van der Waals surface area contributed by atoms with Gasteiger partial charge in [0.15, 0.2) is 0 Å². The third-order valence-corrected chi connectivity index (χ3v) is 3.98. The molecule has 0 saturated heterocycles. The molecule has 3 rings (SSSR count). The van der Waals surface area contributed by atoms with E-state index in [0.29, 0.717) is 34.0 Å². The molecule has 0 atom stereocenters. The molecule has 1 N–H and O–H groups in total. The van der Waals surface area contributed by atoms with Gasteiger partial charge in [-0.25, -0.2) is 0 Å². The highest BCUT2D eigenvalue weighted by atomic mass is 35.5. The average Bonchev–Trinajstić information content (AvgIpc) is 3.05. The minimum atomic E-state index is -0.149. The van der Waals surface area contributed by atoms with E-state index in [9.17, 15) is 4.79 Å². The van der Waals surface area contributed by atoms with Crippen molar-refractivity contribution in [3.05, 3.63) is 64.5 Å². The molecule has 0 bridgehead atoms. The van der Waals surface area contributed by atoms with Gasteiger partial charge in [0.1, 0.15) is 0 Å². The molecule has 134 valence electrons. The van der Waals surface area contributed by atoms with Gasteiger partial charge in [-0.1, -0.05) is 40.5 Å². The van der Waals surface area contributed by atoms with Crippen molar-refractivity contribution in [3.63, 3.8) is 0 Å². The number of hydrogen-bond donors (Lipinski definition) is 1. The SMILES string of the molecule is CN(CC(=O)Nc1ccc(Cl)cc1)Cc1nc(-c2cccc(Cl)c2)no1. The van der Waals surface area contributed by atoms with Crippen LogP contribution in [-0.2, 0) is 11.3 Å². The van der Waals surface area contributed by atoms with E-state index in [-0.39, 0.29) is 12.5 Å². The van der Waals surface area contributed by atoms with Gasteiger partial charge in [-0.3, -0.25) is 9.69 Å². The third kappa shape index (κ3) is 5.05. The predicted octanol–water partition coefficient (Wildman–Crippen LogP) is 4.11. The summed E-state index contributed by atoms with van der Waals surface area (Å²) in [6.07, 6.45) is 0. The number of benzene rings is 2. The third-order valence-electron chi connectivity index (χ3n) is 3.50. The van der Waals surface area contributed by atoms with E-state index in [0.717, 1.165) is 5.56 Å².